The molecular weight excluding hydrogens is 319 g/mol. The Hall–Kier alpha value is -1.40. The van der Waals surface area contributed by atoms with Gasteiger partial charge in [0.1, 0.15) is 5.82 Å². The molecule has 1 heterocycles. The molecule has 0 aliphatic rings. The molecule has 1 aromatic heterocycles. The van der Waals surface area contributed by atoms with Crippen molar-refractivity contribution in [3.8, 4) is 0 Å². The molecule has 3 nitrogen and oxygen atoms in total. The van der Waals surface area contributed by atoms with E-state index in [1.165, 1.54) is 12.1 Å². The molecule has 0 atom stereocenters. The number of carbonyl (C=O) groups is 1. The Morgan fingerprint density at radius 2 is 2.28 bits per heavy atom. The average Bonchev–Trinajstić information content (AvgIpc) is 2.84. The van der Waals surface area contributed by atoms with E-state index in [9.17, 15) is 9.18 Å². The Bertz CT molecular complexity index is 572. The Balaban J connectivity index is 2.11. The van der Waals surface area contributed by atoms with Gasteiger partial charge in [-0.2, -0.15) is 0 Å². The molecule has 0 saturated carbocycles. The molecule has 0 unspecified atom stereocenters. The number of anilines is 1. The topological polar surface area (TPSA) is 55.1 Å². The predicted octanol–water partition coefficient (Wildman–Crippen LogP) is 3.16. The van der Waals surface area contributed by atoms with Gasteiger partial charge in [-0.15, -0.1) is 11.3 Å². The van der Waals surface area contributed by atoms with E-state index in [2.05, 4.69) is 21.2 Å². The van der Waals surface area contributed by atoms with E-state index in [0.717, 1.165) is 4.88 Å². The largest absolute Gasteiger partial charge is 0.396 e. The van der Waals surface area contributed by atoms with Gasteiger partial charge in [0.15, 0.2) is 0 Å². The fraction of sp³-hybridized carbons (Fsp3) is 0.0833. The van der Waals surface area contributed by atoms with Crippen molar-refractivity contribution in [1.82, 2.24) is 5.32 Å². The van der Waals surface area contributed by atoms with Crippen molar-refractivity contribution >= 4 is 38.9 Å². The number of rotatable bonds is 3. The van der Waals surface area contributed by atoms with Crippen molar-refractivity contribution in [3.63, 3.8) is 0 Å². The summed E-state index contributed by atoms with van der Waals surface area (Å²) in [5.74, 6) is -0.835. The summed E-state index contributed by atoms with van der Waals surface area (Å²) in [6.07, 6.45) is 0. The lowest BCUT2D eigenvalue weighted by molar-refractivity contribution is 0.0950. The maximum Gasteiger partial charge on any atom is 0.252 e. The van der Waals surface area contributed by atoms with Gasteiger partial charge in [0.05, 0.1) is 17.8 Å². The number of carbonyl (C=O) groups excluding carboxylic acids is 1. The molecule has 1 amide bonds. The highest BCUT2D eigenvalue weighted by atomic mass is 79.9. The van der Waals surface area contributed by atoms with Crippen LogP contribution in [-0.4, -0.2) is 5.91 Å². The van der Waals surface area contributed by atoms with Crippen LogP contribution < -0.4 is 11.1 Å². The van der Waals surface area contributed by atoms with Gasteiger partial charge in [0, 0.05) is 9.35 Å². The van der Waals surface area contributed by atoms with Gasteiger partial charge >= 0.3 is 0 Å². The lowest BCUT2D eigenvalue weighted by Gasteiger charge is -2.07. The Morgan fingerprint density at radius 3 is 2.94 bits per heavy atom. The van der Waals surface area contributed by atoms with Crippen molar-refractivity contribution in [3.05, 3.63) is 50.4 Å². The molecule has 1 aromatic carbocycles. The molecule has 94 valence electrons. The fourth-order valence-corrected chi connectivity index (χ4v) is 2.56. The van der Waals surface area contributed by atoms with Crippen LogP contribution >= 0.6 is 27.3 Å². The number of nitrogens with one attached hydrogen (secondary N) is 1. The number of thiophene rings is 1. The van der Waals surface area contributed by atoms with Crippen LogP contribution in [0.2, 0.25) is 0 Å². The molecule has 0 fully saturated rings. The molecule has 0 aliphatic carbocycles. The Kier molecular flexibility index (Phi) is 3.98. The summed E-state index contributed by atoms with van der Waals surface area (Å²) in [6.45, 7) is 0.445. The molecule has 0 bridgehead atoms. The molecule has 2 aromatic rings. The van der Waals surface area contributed by atoms with Gasteiger partial charge in [0.25, 0.3) is 5.91 Å². The zero-order valence-electron chi connectivity index (χ0n) is 9.24. The van der Waals surface area contributed by atoms with E-state index in [1.807, 2.05) is 17.5 Å². The second kappa shape index (κ2) is 5.49. The molecule has 0 aliphatic heterocycles. The number of hydrogen-bond donors (Lipinski definition) is 2. The second-order valence-electron chi connectivity index (χ2n) is 3.62. The van der Waals surface area contributed by atoms with Crippen LogP contribution in [0.4, 0.5) is 10.1 Å². The second-order valence-corrected chi connectivity index (χ2v) is 5.50. The number of nitrogen functional groups attached to an aromatic ring is 1. The highest BCUT2D eigenvalue weighted by molar-refractivity contribution is 9.10. The minimum absolute atomic E-state index is 0.0422. The Labute approximate surface area is 116 Å². The third-order valence-corrected chi connectivity index (χ3v) is 3.87. The summed E-state index contributed by atoms with van der Waals surface area (Å²) in [5.41, 5.74) is 5.73. The van der Waals surface area contributed by atoms with Crippen LogP contribution in [0, 0.1) is 5.82 Å². The number of benzene rings is 1. The van der Waals surface area contributed by atoms with E-state index >= 15 is 0 Å². The minimum atomic E-state index is -0.545. The average molecular weight is 329 g/mol. The predicted molar refractivity (Wildman–Crippen MR) is 74.0 cm³/mol. The Morgan fingerprint density at radius 1 is 1.50 bits per heavy atom. The van der Waals surface area contributed by atoms with Gasteiger partial charge in [-0.05, 0) is 39.5 Å². The lowest BCUT2D eigenvalue weighted by Crippen LogP contribution is -2.23. The normalized spacial score (nSPS) is 10.3. The molecule has 0 spiro atoms. The highest BCUT2D eigenvalue weighted by Crippen LogP contribution is 2.22. The number of halogens is 2. The molecule has 2 rings (SSSR count). The number of nitrogens with two attached hydrogens (primary N) is 1. The van der Waals surface area contributed by atoms with E-state index in [0.29, 0.717) is 16.6 Å². The first-order valence-corrected chi connectivity index (χ1v) is 6.80. The zero-order valence-corrected chi connectivity index (χ0v) is 11.6. The molecule has 0 radical (unpaired) electrons. The first kappa shape index (κ1) is 13.0. The third-order valence-electron chi connectivity index (χ3n) is 2.33. The van der Waals surface area contributed by atoms with Crippen LogP contribution in [0.25, 0.3) is 0 Å². The maximum atomic E-state index is 13.1. The van der Waals surface area contributed by atoms with Crippen molar-refractivity contribution in [1.29, 1.82) is 0 Å². The first-order chi connectivity index (χ1) is 8.58. The summed E-state index contributed by atoms with van der Waals surface area (Å²) in [5, 5.41) is 4.69. The van der Waals surface area contributed by atoms with E-state index in [-0.39, 0.29) is 11.6 Å². The van der Waals surface area contributed by atoms with Gasteiger partial charge in [-0.25, -0.2) is 4.39 Å². The maximum absolute atomic E-state index is 13.1. The van der Waals surface area contributed by atoms with Gasteiger partial charge in [0.2, 0.25) is 0 Å². The standard InChI is InChI=1S/C12H10BrFN2OS/c13-9-5-10(14)11(15)4-8(9)12(17)16-6-7-2-1-3-18-7/h1-5H,6,15H2,(H,16,17). The molecule has 0 saturated heterocycles. The smallest absolute Gasteiger partial charge is 0.252 e. The first-order valence-electron chi connectivity index (χ1n) is 5.13. The third kappa shape index (κ3) is 2.88. The van der Waals surface area contributed by atoms with Gasteiger partial charge < -0.3 is 11.1 Å². The summed E-state index contributed by atoms with van der Waals surface area (Å²) >= 11 is 4.71. The van der Waals surface area contributed by atoms with Crippen LogP contribution in [-0.2, 0) is 6.54 Å². The zero-order chi connectivity index (χ0) is 13.1. The number of amides is 1. The number of hydrogen-bond acceptors (Lipinski definition) is 3. The van der Waals surface area contributed by atoms with Crippen LogP contribution in [0.15, 0.2) is 34.1 Å². The summed E-state index contributed by atoms with van der Waals surface area (Å²) in [4.78, 5) is 13.0. The van der Waals surface area contributed by atoms with Crippen molar-refractivity contribution in [2.75, 3.05) is 5.73 Å². The lowest BCUT2D eigenvalue weighted by atomic mass is 10.2. The van der Waals surface area contributed by atoms with E-state index in [4.69, 9.17) is 5.73 Å². The summed E-state index contributed by atoms with van der Waals surface area (Å²) < 4.78 is 13.5. The van der Waals surface area contributed by atoms with Crippen molar-refractivity contribution in [2.45, 2.75) is 6.54 Å². The monoisotopic (exact) mass is 328 g/mol. The van der Waals surface area contributed by atoms with Crippen LogP contribution in [0.1, 0.15) is 15.2 Å². The molecule has 6 heteroatoms. The van der Waals surface area contributed by atoms with Gasteiger partial charge in [-0.1, -0.05) is 6.07 Å². The minimum Gasteiger partial charge on any atom is -0.396 e. The van der Waals surface area contributed by atoms with Crippen molar-refractivity contribution in [2.24, 2.45) is 0 Å². The van der Waals surface area contributed by atoms with Crippen LogP contribution in [0.5, 0.6) is 0 Å². The van der Waals surface area contributed by atoms with Crippen LogP contribution in [0.3, 0.4) is 0 Å². The highest BCUT2D eigenvalue weighted by Gasteiger charge is 2.13. The van der Waals surface area contributed by atoms with E-state index in [1.54, 1.807) is 11.3 Å². The SMILES string of the molecule is Nc1cc(C(=O)NCc2cccs2)c(Br)cc1F. The van der Waals surface area contributed by atoms with Crippen molar-refractivity contribution < 1.29 is 9.18 Å². The molecule has 3 N–H and O–H groups in total. The molecule has 18 heavy (non-hydrogen) atoms. The van der Waals surface area contributed by atoms with E-state index < -0.39 is 5.82 Å². The quantitative estimate of drug-likeness (QED) is 0.850. The summed E-state index contributed by atoms with van der Waals surface area (Å²) in [6, 6.07) is 6.36. The summed E-state index contributed by atoms with van der Waals surface area (Å²) in [7, 11) is 0. The molecular formula is C12H10BrFN2OS. The fourth-order valence-electron chi connectivity index (χ4n) is 1.42. The van der Waals surface area contributed by atoms with Gasteiger partial charge in [-0.3, -0.25) is 4.79 Å².